The van der Waals surface area contributed by atoms with E-state index in [1.54, 1.807) is 40.3 Å². The number of carbonyl (C=O) groups is 6. The zero-order valence-corrected chi connectivity index (χ0v) is 40.7. The van der Waals surface area contributed by atoms with Crippen LogP contribution in [0, 0.1) is 38.7 Å². The van der Waals surface area contributed by atoms with Crippen LogP contribution in [-0.4, -0.2) is 145 Å². The number of phenols is 2. The van der Waals surface area contributed by atoms with Gasteiger partial charge in [-0.15, -0.1) is 5.54 Å². The zero-order chi connectivity index (χ0) is 49.9. The molecular formula is C47H51IN4O14Si. The number of likely N-dealkylation sites (N-methyl/N-ethyl adjacent to an activating group) is 2. The number of aliphatic hydroxyl groups excluding tert-OH is 4. The van der Waals surface area contributed by atoms with Gasteiger partial charge in [-0.05, 0) is 124 Å². The van der Waals surface area contributed by atoms with Crippen LogP contribution in [0.3, 0.4) is 0 Å². The van der Waals surface area contributed by atoms with E-state index in [0.29, 0.717) is 23.1 Å². The molecule has 354 valence electrons. The Kier molecular flexibility index (Phi) is 12.3. The second-order valence-corrected chi connectivity index (χ2v) is 25.2. The Labute approximate surface area is 399 Å². The molecule has 18 nitrogen and oxygen atoms in total. The van der Waals surface area contributed by atoms with Gasteiger partial charge in [0.05, 0.1) is 23.2 Å². The highest BCUT2D eigenvalue weighted by Gasteiger charge is 2.66. The molecular weight excluding hydrogens is 1000 g/mol. The van der Waals surface area contributed by atoms with E-state index in [4.69, 9.17) is 11.5 Å². The van der Waals surface area contributed by atoms with Gasteiger partial charge in [0.15, 0.2) is 22.8 Å². The van der Waals surface area contributed by atoms with Gasteiger partial charge in [-0.1, -0.05) is 25.6 Å². The molecule has 0 saturated heterocycles. The predicted molar refractivity (Wildman–Crippen MR) is 251 cm³/mol. The van der Waals surface area contributed by atoms with Crippen molar-refractivity contribution in [2.24, 2.45) is 35.1 Å². The normalized spacial score (nSPS) is 29.0. The summed E-state index contributed by atoms with van der Waals surface area (Å²) in [4.78, 5) is 80.3. The number of aliphatic hydroxyl groups is 6. The topological polar surface area (TPSA) is 323 Å². The van der Waals surface area contributed by atoms with E-state index in [2.05, 4.69) is 53.7 Å². The summed E-state index contributed by atoms with van der Waals surface area (Å²) in [7, 11) is 4.51. The Morgan fingerprint density at radius 3 is 1.45 bits per heavy atom. The van der Waals surface area contributed by atoms with Crippen molar-refractivity contribution in [3.8, 4) is 23.0 Å². The molecule has 0 spiro atoms. The summed E-state index contributed by atoms with van der Waals surface area (Å²) in [6.45, 7) is 6.26. The maximum absolute atomic E-state index is 13.8. The van der Waals surface area contributed by atoms with E-state index in [1.165, 1.54) is 21.9 Å². The fourth-order valence-electron chi connectivity index (χ4n) is 10.8. The number of amides is 2. The fraction of sp³-hybridized carbons (Fsp3) is 0.404. The number of Topliss-reactive ketones (excluding diaryl/α,β-unsaturated/α-hetero) is 4. The van der Waals surface area contributed by atoms with Gasteiger partial charge in [0.2, 0.25) is 11.6 Å². The summed E-state index contributed by atoms with van der Waals surface area (Å²) in [5.74, 6) is -9.94. The van der Waals surface area contributed by atoms with Crippen LogP contribution in [0.5, 0.6) is 11.5 Å². The largest absolute Gasteiger partial charge is 0.508 e. The predicted octanol–water partition coefficient (Wildman–Crippen LogP) is 1.76. The van der Waals surface area contributed by atoms with Gasteiger partial charge in [0.1, 0.15) is 53.8 Å². The van der Waals surface area contributed by atoms with Gasteiger partial charge < -0.3 is 52.3 Å². The smallest absolute Gasteiger partial charge is 0.255 e. The average molecular weight is 1050 g/mol. The second kappa shape index (κ2) is 16.7. The van der Waals surface area contributed by atoms with Crippen LogP contribution in [0.15, 0.2) is 58.1 Å². The lowest BCUT2D eigenvalue weighted by Gasteiger charge is -2.50. The Balaban J connectivity index is 0.000000201. The summed E-state index contributed by atoms with van der Waals surface area (Å²) >= 11 is 2.07. The molecule has 0 unspecified atom stereocenters. The SMILES string of the molecule is CN(C)[C@@H]1C(=O)C(C(N)=O)=C(O)[C@@]2(O)C(=O)C3=C(O)c4c(O)ccc(C#C[Si](C)(C)C)c4C[C@H]3C[C@@H]12.CN(C)[C@@H]1C(=O)C(C(N)=O)=C(O)[C@@]2(O)C(=O)C3=C(O)c4c(O)ccc(I)c4C[C@H]3C[C@@H]12. The van der Waals surface area contributed by atoms with Gasteiger partial charge >= 0.3 is 0 Å². The lowest BCUT2D eigenvalue weighted by molar-refractivity contribution is -0.155. The van der Waals surface area contributed by atoms with Crippen molar-refractivity contribution in [1.82, 2.24) is 9.80 Å². The molecule has 2 amide bonds. The number of phenolic OH excluding ortho intramolecular Hbond substituents is 2. The summed E-state index contributed by atoms with van der Waals surface area (Å²) in [5.41, 5.74) is 8.66. The van der Waals surface area contributed by atoms with Crippen molar-refractivity contribution in [3.63, 3.8) is 0 Å². The van der Waals surface area contributed by atoms with Crippen LogP contribution in [0.1, 0.15) is 40.7 Å². The second-order valence-electron chi connectivity index (χ2n) is 19.3. The van der Waals surface area contributed by atoms with Crippen molar-refractivity contribution in [2.75, 3.05) is 28.2 Å². The number of hydrogen-bond acceptors (Lipinski definition) is 16. The Morgan fingerprint density at radius 1 is 0.672 bits per heavy atom. The molecule has 8 atom stereocenters. The standard InChI is InChI=1S/C26H30N2O7Si.C21H21IN2O7/c1-28(2)20-15-11-13-10-14-12(8-9-36(3,4)5)6-7-16(29)18(14)21(30)17(13)23(32)26(15,35)24(33)19(22(20)31)25(27)34;1-24(2)15-9-6-7-5-8-10(22)3-4-11(25)13(8)16(26)12(7)18(28)21(9,31)19(29)14(17(15)27)20(23)30/h6-7,13,15,20,29-30,33,35H,10-11H2,1-5H3,(H2,27,34);3-4,7,9,15,25-26,29,31H,5-6H2,1-2H3,(H2,23,30)/t13-,15-,20-,26-;7-,9-,15-,21-/m00/s1. The average Bonchev–Trinajstić information content (AvgIpc) is 3.21. The monoisotopic (exact) mass is 1050 g/mol. The summed E-state index contributed by atoms with van der Waals surface area (Å²) in [5, 5.41) is 87.7. The minimum Gasteiger partial charge on any atom is -0.508 e. The lowest BCUT2D eigenvalue weighted by Crippen LogP contribution is -2.65. The highest BCUT2D eigenvalue weighted by Crippen LogP contribution is 2.55. The van der Waals surface area contributed by atoms with E-state index >= 15 is 0 Å². The van der Waals surface area contributed by atoms with E-state index in [0.717, 1.165) is 3.57 Å². The van der Waals surface area contributed by atoms with Crippen molar-refractivity contribution >= 4 is 77.1 Å². The first kappa shape index (κ1) is 49.1. The molecule has 2 aromatic carbocycles. The van der Waals surface area contributed by atoms with Gasteiger partial charge in [0.25, 0.3) is 11.8 Å². The number of fused-ring (bicyclic) bond motifs is 6. The molecule has 6 aliphatic carbocycles. The molecule has 0 aliphatic heterocycles. The van der Waals surface area contributed by atoms with Gasteiger partial charge in [-0.25, -0.2) is 0 Å². The Hall–Kier alpha value is -5.83. The number of nitrogens with zero attached hydrogens (tertiary/aromatic N) is 2. The van der Waals surface area contributed by atoms with Crippen LogP contribution < -0.4 is 11.5 Å². The van der Waals surface area contributed by atoms with Crippen LogP contribution in [0.2, 0.25) is 19.6 Å². The maximum Gasteiger partial charge on any atom is 0.255 e. The van der Waals surface area contributed by atoms with E-state index in [1.807, 2.05) is 0 Å². The summed E-state index contributed by atoms with van der Waals surface area (Å²) in [6.07, 6.45) is 0.639. The Morgan fingerprint density at radius 2 is 1.06 bits per heavy atom. The fourth-order valence-corrected chi connectivity index (χ4v) is 12.0. The van der Waals surface area contributed by atoms with Crippen molar-refractivity contribution in [2.45, 2.75) is 68.6 Å². The molecule has 2 saturated carbocycles. The van der Waals surface area contributed by atoms with Gasteiger partial charge in [0, 0.05) is 32.1 Å². The summed E-state index contributed by atoms with van der Waals surface area (Å²) in [6, 6.07) is 3.94. The molecule has 0 bridgehead atoms. The van der Waals surface area contributed by atoms with E-state index in [9.17, 15) is 69.6 Å². The molecule has 2 aromatic rings. The van der Waals surface area contributed by atoms with Crippen molar-refractivity contribution in [1.29, 1.82) is 0 Å². The molecule has 67 heavy (non-hydrogen) atoms. The first-order valence-corrected chi connectivity index (χ1v) is 25.8. The third kappa shape index (κ3) is 7.37. The van der Waals surface area contributed by atoms with Gasteiger partial charge in [-0.2, -0.15) is 0 Å². The number of ketones is 4. The summed E-state index contributed by atoms with van der Waals surface area (Å²) < 4.78 is 0.784. The highest BCUT2D eigenvalue weighted by molar-refractivity contribution is 14.1. The number of carbonyl (C=O) groups excluding carboxylic acids is 6. The molecule has 0 heterocycles. The quantitative estimate of drug-likeness (QED) is 0.0903. The van der Waals surface area contributed by atoms with Crippen LogP contribution in [0.25, 0.3) is 11.5 Å². The number of halogens is 1. The van der Waals surface area contributed by atoms with Crippen LogP contribution >= 0.6 is 22.6 Å². The number of benzene rings is 2. The molecule has 8 rings (SSSR count). The highest BCUT2D eigenvalue weighted by atomic mass is 127. The third-order valence-corrected chi connectivity index (χ3v) is 15.6. The maximum atomic E-state index is 13.8. The Bertz CT molecular complexity index is 2850. The molecule has 2 fully saturated rings. The zero-order valence-electron chi connectivity index (χ0n) is 37.6. The van der Waals surface area contributed by atoms with Crippen molar-refractivity contribution in [3.05, 3.63) is 89.5 Å². The van der Waals surface area contributed by atoms with Crippen LogP contribution in [-0.2, 0) is 41.6 Å². The number of aromatic hydroxyl groups is 2. The number of rotatable bonds is 4. The molecule has 12 N–H and O–H groups in total. The third-order valence-electron chi connectivity index (χ3n) is 13.7. The van der Waals surface area contributed by atoms with Crippen molar-refractivity contribution < 1.29 is 69.6 Å². The van der Waals surface area contributed by atoms with Crippen LogP contribution in [0.4, 0.5) is 0 Å². The van der Waals surface area contributed by atoms with E-state index < -0.39 is 124 Å². The molecule has 0 radical (unpaired) electrons. The first-order chi connectivity index (χ1) is 31.0. The number of hydrogen-bond donors (Lipinski definition) is 10. The first-order valence-electron chi connectivity index (χ1n) is 21.2. The minimum atomic E-state index is -2.64. The number of primary amides is 2. The van der Waals surface area contributed by atoms with E-state index in [-0.39, 0.29) is 53.0 Å². The molecule has 0 aromatic heterocycles. The lowest BCUT2D eigenvalue weighted by atomic mass is 9.57. The molecule has 20 heteroatoms. The number of nitrogens with two attached hydrogens (primary N) is 2. The minimum absolute atomic E-state index is 0.0440. The molecule has 6 aliphatic rings. The van der Waals surface area contributed by atoms with Gasteiger partial charge in [-0.3, -0.25) is 38.6 Å².